The number of aryl methyl sites for hydroxylation is 2. The Kier molecular flexibility index (Phi) is 4.83. The highest BCUT2D eigenvalue weighted by molar-refractivity contribution is 6.07. The quantitative estimate of drug-likeness (QED) is 0.477. The number of carbonyl (C=O) groups is 2. The molecule has 2 heterocycles. The van der Waals surface area contributed by atoms with Gasteiger partial charge in [-0.1, -0.05) is 6.07 Å². The van der Waals surface area contributed by atoms with Gasteiger partial charge in [-0.25, -0.2) is 0 Å². The summed E-state index contributed by atoms with van der Waals surface area (Å²) in [7, 11) is 0. The fourth-order valence-corrected chi connectivity index (χ4v) is 3.19. The average molecular weight is 384 g/mol. The van der Waals surface area contributed by atoms with Crippen molar-refractivity contribution in [3.8, 4) is 0 Å². The third-order valence-electron chi connectivity index (χ3n) is 4.89. The Morgan fingerprint density at radius 3 is 2.17 bits per heavy atom. The second-order valence-electron chi connectivity index (χ2n) is 6.86. The number of anilines is 2. The third kappa shape index (κ3) is 3.87. The Labute approximate surface area is 168 Å². The maximum atomic E-state index is 12.7. The van der Waals surface area contributed by atoms with Crippen LogP contribution in [0, 0.1) is 13.8 Å². The molecular formula is C23H20N4O2. The zero-order valence-corrected chi connectivity index (χ0v) is 16.1. The number of rotatable bonds is 4. The number of carbonyl (C=O) groups excluding carboxylic acids is 2. The number of hydrogen-bond donors (Lipinski definition) is 3. The molecule has 0 spiro atoms. The lowest BCUT2D eigenvalue weighted by Crippen LogP contribution is -2.14. The topological polar surface area (TPSA) is 86.9 Å². The Hall–Kier alpha value is -3.93. The number of pyridine rings is 1. The van der Waals surface area contributed by atoms with Crippen LogP contribution in [0.25, 0.3) is 10.9 Å². The highest BCUT2D eigenvalue weighted by Gasteiger charge is 2.11. The van der Waals surface area contributed by atoms with Crippen LogP contribution in [0.15, 0.2) is 67.0 Å². The van der Waals surface area contributed by atoms with Crippen LogP contribution in [-0.2, 0) is 0 Å². The van der Waals surface area contributed by atoms with E-state index in [0.717, 1.165) is 22.2 Å². The summed E-state index contributed by atoms with van der Waals surface area (Å²) in [5.74, 6) is -0.442. The van der Waals surface area contributed by atoms with E-state index < -0.39 is 0 Å². The molecule has 6 heteroatoms. The zero-order chi connectivity index (χ0) is 20.4. The Bertz CT molecular complexity index is 1210. The molecule has 0 unspecified atom stereocenters. The standard InChI is InChI=1S/C23H20N4O2/c1-14-15(2)25-21-7-6-17(12-20(14)21)23(29)27-19-5-3-4-18(13-19)26-22(28)16-8-10-24-11-9-16/h3-13,25H,1-2H3,(H,26,28)(H,27,29). The van der Waals surface area contributed by atoms with Crippen molar-refractivity contribution in [3.05, 3.63) is 89.4 Å². The summed E-state index contributed by atoms with van der Waals surface area (Å²) in [4.78, 5) is 32.2. The predicted molar refractivity (Wildman–Crippen MR) is 114 cm³/mol. The molecule has 0 aliphatic rings. The third-order valence-corrected chi connectivity index (χ3v) is 4.89. The van der Waals surface area contributed by atoms with Crippen LogP contribution < -0.4 is 10.6 Å². The van der Waals surface area contributed by atoms with E-state index in [2.05, 4.69) is 20.6 Å². The fourth-order valence-electron chi connectivity index (χ4n) is 3.19. The first-order chi connectivity index (χ1) is 14.0. The van der Waals surface area contributed by atoms with Gasteiger partial charge in [-0.2, -0.15) is 0 Å². The zero-order valence-electron chi connectivity index (χ0n) is 16.1. The van der Waals surface area contributed by atoms with Crippen molar-refractivity contribution in [3.63, 3.8) is 0 Å². The van der Waals surface area contributed by atoms with Gasteiger partial charge in [-0.05, 0) is 67.9 Å². The van der Waals surface area contributed by atoms with Crippen LogP contribution in [0.1, 0.15) is 32.0 Å². The first kappa shape index (κ1) is 18.4. The smallest absolute Gasteiger partial charge is 0.255 e. The number of nitrogens with one attached hydrogen (secondary N) is 3. The van der Waals surface area contributed by atoms with Crippen LogP contribution in [0.5, 0.6) is 0 Å². The molecule has 6 nitrogen and oxygen atoms in total. The molecule has 2 aromatic carbocycles. The Morgan fingerprint density at radius 1 is 0.828 bits per heavy atom. The Balaban J connectivity index is 1.51. The van der Waals surface area contributed by atoms with Crippen molar-refractivity contribution in [2.75, 3.05) is 10.6 Å². The van der Waals surface area contributed by atoms with E-state index in [0.29, 0.717) is 22.5 Å². The van der Waals surface area contributed by atoms with Gasteiger partial charge in [-0.3, -0.25) is 14.6 Å². The van der Waals surface area contributed by atoms with Gasteiger partial charge >= 0.3 is 0 Å². The summed E-state index contributed by atoms with van der Waals surface area (Å²) < 4.78 is 0. The summed E-state index contributed by atoms with van der Waals surface area (Å²) in [5.41, 5.74) is 5.52. The molecular weight excluding hydrogens is 364 g/mol. The first-order valence-corrected chi connectivity index (χ1v) is 9.23. The normalized spacial score (nSPS) is 10.7. The van der Waals surface area contributed by atoms with Gasteiger partial charge < -0.3 is 15.6 Å². The molecule has 3 N–H and O–H groups in total. The van der Waals surface area contributed by atoms with Gasteiger partial charge in [0.05, 0.1) is 0 Å². The minimum absolute atomic E-state index is 0.206. The number of H-pyrrole nitrogens is 1. The number of fused-ring (bicyclic) bond motifs is 1. The lowest BCUT2D eigenvalue weighted by molar-refractivity contribution is 0.101. The molecule has 29 heavy (non-hydrogen) atoms. The molecule has 0 fully saturated rings. The second-order valence-corrected chi connectivity index (χ2v) is 6.86. The van der Waals surface area contributed by atoms with Crippen LogP contribution in [-0.4, -0.2) is 21.8 Å². The molecule has 0 radical (unpaired) electrons. The number of hydrogen-bond acceptors (Lipinski definition) is 3. The molecule has 0 bridgehead atoms. The molecule has 0 saturated heterocycles. The van der Waals surface area contributed by atoms with Crippen LogP contribution in [0.3, 0.4) is 0 Å². The fraction of sp³-hybridized carbons (Fsp3) is 0.0870. The first-order valence-electron chi connectivity index (χ1n) is 9.23. The molecule has 0 saturated carbocycles. The van der Waals surface area contributed by atoms with Crippen LogP contribution in [0.4, 0.5) is 11.4 Å². The summed E-state index contributed by atoms with van der Waals surface area (Å²) in [6.07, 6.45) is 3.13. The second kappa shape index (κ2) is 7.59. The maximum absolute atomic E-state index is 12.7. The molecule has 4 aromatic rings. The van der Waals surface area contributed by atoms with Crippen molar-refractivity contribution in [1.29, 1.82) is 0 Å². The van der Waals surface area contributed by atoms with E-state index in [-0.39, 0.29) is 11.8 Å². The monoisotopic (exact) mass is 384 g/mol. The minimum atomic E-state index is -0.236. The number of benzene rings is 2. The highest BCUT2D eigenvalue weighted by atomic mass is 16.2. The van der Waals surface area contributed by atoms with E-state index in [1.54, 1.807) is 54.9 Å². The molecule has 144 valence electrons. The molecule has 2 amide bonds. The molecule has 0 atom stereocenters. The molecule has 0 aliphatic heterocycles. The highest BCUT2D eigenvalue weighted by Crippen LogP contribution is 2.23. The number of amides is 2. The van der Waals surface area contributed by atoms with Gasteiger partial charge in [0, 0.05) is 51.5 Å². The van der Waals surface area contributed by atoms with E-state index >= 15 is 0 Å². The van der Waals surface area contributed by atoms with Crippen molar-refractivity contribution in [2.24, 2.45) is 0 Å². The van der Waals surface area contributed by atoms with Gasteiger partial charge in [0.25, 0.3) is 11.8 Å². The van der Waals surface area contributed by atoms with E-state index in [4.69, 9.17) is 0 Å². The SMILES string of the molecule is Cc1[nH]c2ccc(C(=O)Nc3cccc(NC(=O)c4ccncc4)c3)cc2c1C. The number of nitrogens with zero attached hydrogens (tertiary/aromatic N) is 1. The number of aromatic amines is 1. The average Bonchev–Trinajstić information content (AvgIpc) is 3.02. The summed E-state index contributed by atoms with van der Waals surface area (Å²) in [5, 5.41) is 6.75. The largest absolute Gasteiger partial charge is 0.358 e. The molecule has 4 rings (SSSR count). The minimum Gasteiger partial charge on any atom is -0.358 e. The molecule has 0 aliphatic carbocycles. The van der Waals surface area contributed by atoms with Crippen molar-refractivity contribution in [1.82, 2.24) is 9.97 Å². The maximum Gasteiger partial charge on any atom is 0.255 e. The summed E-state index contributed by atoms with van der Waals surface area (Å²) in [6, 6.07) is 15.9. The van der Waals surface area contributed by atoms with E-state index in [9.17, 15) is 9.59 Å². The van der Waals surface area contributed by atoms with Crippen LogP contribution >= 0.6 is 0 Å². The van der Waals surface area contributed by atoms with Crippen LogP contribution in [0.2, 0.25) is 0 Å². The van der Waals surface area contributed by atoms with E-state index in [1.807, 2.05) is 26.0 Å². The van der Waals surface area contributed by atoms with Gasteiger partial charge in [0.15, 0.2) is 0 Å². The predicted octanol–water partition coefficient (Wildman–Crippen LogP) is 4.68. The molecule has 2 aromatic heterocycles. The summed E-state index contributed by atoms with van der Waals surface area (Å²) >= 11 is 0. The van der Waals surface area contributed by atoms with Gasteiger partial charge in [0.2, 0.25) is 0 Å². The number of aromatic nitrogens is 2. The Morgan fingerprint density at radius 2 is 1.48 bits per heavy atom. The summed E-state index contributed by atoms with van der Waals surface area (Å²) in [6.45, 7) is 4.05. The lowest BCUT2D eigenvalue weighted by Gasteiger charge is -2.09. The van der Waals surface area contributed by atoms with Crippen molar-refractivity contribution in [2.45, 2.75) is 13.8 Å². The van der Waals surface area contributed by atoms with Crippen molar-refractivity contribution >= 4 is 34.1 Å². The lowest BCUT2D eigenvalue weighted by atomic mass is 10.1. The van der Waals surface area contributed by atoms with E-state index in [1.165, 1.54) is 0 Å². The van der Waals surface area contributed by atoms with Crippen molar-refractivity contribution < 1.29 is 9.59 Å². The van der Waals surface area contributed by atoms with Gasteiger partial charge in [-0.15, -0.1) is 0 Å². The van der Waals surface area contributed by atoms with Gasteiger partial charge in [0.1, 0.15) is 0 Å².